The van der Waals surface area contributed by atoms with Crippen LogP contribution in [0.3, 0.4) is 0 Å². The second-order valence-electron chi connectivity index (χ2n) is 4.97. The van der Waals surface area contributed by atoms with E-state index in [4.69, 9.17) is 10.00 Å². The molecule has 0 N–H and O–H groups in total. The Morgan fingerprint density at radius 3 is 2.45 bits per heavy atom. The zero-order valence-corrected chi connectivity index (χ0v) is 11.6. The summed E-state index contributed by atoms with van der Waals surface area (Å²) in [7, 11) is 0. The predicted octanol–water partition coefficient (Wildman–Crippen LogP) is 4.40. The number of hydrogen-bond donors (Lipinski definition) is 0. The molecule has 102 valence electrons. The van der Waals surface area contributed by atoms with Crippen LogP contribution >= 0.6 is 0 Å². The van der Waals surface area contributed by atoms with E-state index in [1.54, 1.807) is 6.07 Å². The molecule has 2 aromatic rings. The smallest absolute Gasteiger partial charge is 0.124 e. The van der Waals surface area contributed by atoms with Gasteiger partial charge in [-0.15, -0.1) is 0 Å². The molecule has 0 aliphatic rings. The SMILES string of the molecule is CC(C)c1ccc(OCc2cc(F)cc(C#N)c2)cc1. The van der Waals surface area contributed by atoms with E-state index in [1.165, 1.54) is 17.7 Å². The molecule has 0 spiro atoms. The molecule has 2 aromatic carbocycles. The van der Waals surface area contributed by atoms with Gasteiger partial charge in [-0.3, -0.25) is 0 Å². The van der Waals surface area contributed by atoms with Crippen LogP contribution in [0.4, 0.5) is 4.39 Å². The van der Waals surface area contributed by atoms with Crippen LogP contribution in [0.1, 0.15) is 36.5 Å². The summed E-state index contributed by atoms with van der Waals surface area (Å²) < 4.78 is 18.9. The Morgan fingerprint density at radius 2 is 1.85 bits per heavy atom. The van der Waals surface area contributed by atoms with Gasteiger partial charge in [0.15, 0.2) is 0 Å². The Balaban J connectivity index is 2.05. The normalized spacial score (nSPS) is 10.3. The Labute approximate surface area is 118 Å². The maximum absolute atomic E-state index is 13.3. The first-order chi connectivity index (χ1) is 9.58. The highest BCUT2D eigenvalue weighted by atomic mass is 19.1. The third-order valence-corrected chi connectivity index (χ3v) is 3.04. The van der Waals surface area contributed by atoms with E-state index in [1.807, 2.05) is 30.3 Å². The first kappa shape index (κ1) is 14.1. The third-order valence-electron chi connectivity index (χ3n) is 3.04. The maximum atomic E-state index is 13.3. The summed E-state index contributed by atoms with van der Waals surface area (Å²) >= 11 is 0. The second kappa shape index (κ2) is 6.21. The maximum Gasteiger partial charge on any atom is 0.124 e. The molecule has 0 saturated carbocycles. The average molecular weight is 269 g/mol. The van der Waals surface area contributed by atoms with Crippen molar-refractivity contribution in [3.05, 3.63) is 65.0 Å². The lowest BCUT2D eigenvalue weighted by molar-refractivity contribution is 0.305. The van der Waals surface area contributed by atoms with Gasteiger partial charge in [0.25, 0.3) is 0 Å². The fourth-order valence-corrected chi connectivity index (χ4v) is 1.91. The van der Waals surface area contributed by atoms with Gasteiger partial charge in [-0.05, 0) is 47.4 Å². The largest absolute Gasteiger partial charge is 0.489 e. The van der Waals surface area contributed by atoms with Crippen molar-refractivity contribution in [3.63, 3.8) is 0 Å². The van der Waals surface area contributed by atoms with Crippen molar-refractivity contribution in [2.24, 2.45) is 0 Å². The molecule has 0 radical (unpaired) electrons. The van der Waals surface area contributed by atoms with E-state index in [-0.39, 0.29) is 6.61 Å². The summed E-state index contributed by atoms with van der Waals surface area (Å²) in [5.74, 6) is 0.792. The molecule has 2 rings (SSSR count). The minimum absolute atomic E-state index is 0.244. The Kier molecular flexibility index (Phi) is 4.37. The number of hydrogen-bond acceptors (Lipinski definition) is 2. The number of nitrogens with zero attached hydrogens (tertiary/aromatic N) is 1. The zero-order valence-electron chi connectivity index (χ0n) is 11.6. The molecule has 0 unspecified atom stereocenters. The first-order valence-corrected chi connectivity index (χ1v) is 6.51. The molecular formula is C17H16FNO. The monoisotopic (exact) mass is 269 g/mol. The van der Waals surface area contributed by atoms with Crippen LogP contribution in [0.15, 0.2) is 42.5 Å². The number of rotatable bonds is 4. The summed E-state index contributed by atoms with van der Waals surface area (Å²) in [5.41, 5.74) is 2.20. The highest BCUT2D eigenvalue weighted by Crippen LogP contribution is 2.19. The van der Waals surface area contributed by atoms with Crippen molar-refractivity contribution < 1.29 is 9.13 Å². The lowest BCUT2D eigenvalue weighted by Gasteiger charge is -2.09. The van der Waals surface area contributed by atoms with Crippen molar-refractivity contribution in [2.45, 2.75) is 26.4 Å². The van der Waals surface area contributed by atoms with Crippen molar-refractivity contribution in [2.75, 3.05) is 0 Å². The molecule has 0 heterocycles. The van der Waals surface area contributed by atoms with Gasteiger partial charge in [0, 0.05) is 0 Å². The van der Waals surface area contributed by atoms with Crippen molar-refractivity contribution >= 4 is 0 Å². The zero-order chi connectivity index (χ0) is 14.5. The summed E-state index contributed by atoms with van der Waals surface area (Å²) in [5, 5.41) is 8.80. The van der Waals surface area contributed by atoms with E-state index in [2.05, 4.69) is 13.8 Å². The first-order valence-electron chi connectivity index (χ1n) is 6.51. The van der Waals surface area contributed by atoms with Crippen LogP contribution in [0.5, 0.6) is 5.75 Å². The van der Waals surface area contributed by atoms with E-state index >= 15 is 0 Å². The van der Waals surface area contributed by atoms with Crippen LogP contribution in [-0.4, -0.2) is 0 Å². The third kappa shape index (κ3) is 3.58. The van der Waals surface area contributed by atoms with E-state index in [0.29, 0.717) is 17.0 Å². The summed E-state index contributed by atoms with van der Waals surface area (Å²) in [6.45, 7) is 4.51. The summed E-state index contributed by atoms with van der Waals surface area (Å²) in [4.78, 5) is 0. The standard InChI is InChI=1S/C17H16FNO/c1-12(2)15-3-5-17(6-4-15)20-11-14-7-13(10-19)8-16(18)9-14/h3-9,12H,11H2,1-2H3. The van der Waals surface area contributed by atoms with Crippen molar-refractivity contribution in [3.8, 4) is 11.8 Å². The molecule has 0 fully saturated rings. The molecule has 3 heteroatoms. The molecule has 0 bridgehead atoms. The number of halogens is 1. The predicted molar refractivity (Wildman–Crippen MR) is 76.0 cm³/mol. The number of benzene rings is 2. The minimum atomic E-state index is -0.419. The van der Waals surface area contributed by atoms with E-state index in [0.717, 1.165) is 5.75 Å². The molecule has 20 heavy (non-hydrogen) atoms. The van der Waals surface area contributed by atoms with Gasteiger partial charge in [-0.25, -0.2) is 4.39 Å². The van der Waals surface area contributed by atoms with Crippen LogP contribution in [-0.2, 0) is 6.61 Å². The van der Waals surface area contributed by atoms with Gasteiger partial charge in [0.05, 0.1) is 11.6 Å². The Bertz CT molecular complexity index is 626. The molecule has 0 aliphatic heterocycles. The fourth-order valence-electron chi connectivity index (χ4n) is 1.91. The molecule has 0 aliphatic carbocycles. The van der Waals surface area contributed by atoms with Crippen LogP contribution < -0.4 is 4.74 Å². The van der Waals surface area contributed by atoms with Crippen LogP contribution in [0.2, 0.25) is 0 Å². The quantitative estimate of drug-likeness (QED) is 0.824. The molecule has 2 nitrogen and oxygen atoms in total. The molecule has 0 aromatic heterocycles. The van der Waals surface area contributed by atoms with Gasteiger partial charge in [0.2, 0.25) is 0 Å². The topological polar surface area (TPSA) is 33.0 Å². The van der Waals surface area contributed by atoms with Crippen molar-refractivity contribution in [1.82, 2.24) is 0 Å². The molecular weight excluding hydrogens is 253 g/mol. The summed E-state index contributed by atoms with van der Waals surface area (Å²) in [6, 6.07) is 14.0. The van der Waals surface area contributed by atoms with E-state index < -0.39 is 5.82 Å². The van der Waals surface area contributed by atoms with Crippen molar-refractivity contribution in [1.29, 1.82) is 5.26 Å². The molecule has 0 atom stereocenters. The average Bonchev–Trinajstić information content (AvgIpc) is 2.45. The van der Waals surface area contributed by atoms with Crippen LogP contribution in [0, 0.1) is 17.1 Å². The Morgan fingerprint density at radius 1 is 1.15 bits per heavy atom. The van der Waals surface area contributed by atoms with Crippen LogP contribution in [0.25, 0.3) is 0 Å². The van der Waals surface area contributed by atoms with Gasteiger partial charge >= 0.3 is 0 Å². The molecule has 0 saturated heterocycles. The number of nitriles is 1. The fraction of sp³-hybridized carbons (Fsp3) is 0.235. The van der Waals surface area contributed by atoms with E-state index in [9.17, 15) is 4.39 Å². The summed E-state index contributed by atoms with van der Waals surface area (Å²) in [6.07, 6.45) is 0. The van der Waals surface area contributed by atoms with Gasteiger partial charge in [0.1, 0.15) is 18.2 Å². The molecule has 0 amide bonds. The highest BCUT2D eigenvalue weighted by molar-refractivity contribution is 5.34. The lowest BCUT2D eigenvalue weighted by Crippen LogP contribution is -1.97. The lowest BCUT2D eigenvalue weighted by atomic mass is 10.0. The van der Waals surface area contributed by atoms with Gasteiger partial charge in [-0.1, -0.05) is 26.0 Å². The van der Waals surface area contributed by atoms with Gasteiger partial charge in [-0.2, -0.15) is 5.26 Å². The highest BCUT2D eigenvalue weighted by Gasteiger charge is 2.03. The number of ether oxygens (including phenoxy) is 1. The van der Waals surface area contributed by atoms with Gasteiger partial charge < -0.3 is 4.74 Å². The Hall–Kier alpha value is -2.34. The second-order valence-corrected chi connectivity index (χ2v) is 4.97. The minimum Gasteiger partial charge on any atom is -0.489 e.